The minimum Gasteiger partial charge on any atom is -0.443 e. The number of rotatable bonds is 5. The lowest BCUT2D eigenvalue weighted by Gasteiger charge is -2.52. The fourth-order valence-electron chi connectivity index (χ4n) is 4.73. The number of piperazine rings is 1. The molecule has 0 atom stereocenters. The second-order valence-corrected chi connectivity index (χ2v) is 10.1. The Morgan fingerprint density at radius 2 is 1.94 bits per heavy atom. The molecule has 10 heteroatoms. The third-order valence-electron chi connectivity index (χ3n) is 6.42. The molecule has 0 N–H and O–H groups in total. The number of hydrogen-bond donors (Lipinski definition) is 0. The van der Waals surface area contributed by atoms with Crippen molar-refractivity contribution >= 4 is 17.8 Å². The van der Waals surface area contributed by atoms with Gasteiger partial charge in [-0.1, -0.05) is 0 Å². The summed E-state index contributed by atoms with van der Waals surface area (Å²) in [5, 5.41) is 0. The summed E-state index contributed by atoms with van der Waals surface area (Å²) in [4.78, 5) is 35.5. The molecule has 182 valence electrons. The van der Waals surface area contributed by atoms with E-state index < -0.39 is 23.7 Å². The van der Waals surface area contributed by atoms with Crippen LogP contribution in [0.25, 0.3) is 0 Å². The zero-order valence-electron chi connectivity index (χ0n) is 20.2. The lowest BCUT2D eigenvalue weighted by Crippen LogP contribution is -2.60. The number of alkyl halides is 1. The monoisotopic (exact) mass is 464 g/mol. The predicted octanol–water partition coefficient (Wildman–Crippen LogP) is 2.73. The Labute approximate surface area is 193 Å². The van der Waals surface area contributed by atoms with E-state index in [1.54, 1.807) is 31.7 Å². The van der Waals surface area contributed by atoms with Crippen LogP contribution in [0.5, 0.6) is 0 Å². The topological polar surface area (TPSA) is 84.4 Å². The summed E-state index contributed by atoms with van der Waals surface area (Å²) in [5.74, 6) is 0.227. The van der Waals surface area contributed by atoms with E-state index in [9.17, 15) is 9.59 Å². The number of nitrogens with zero attached hydrogens (tertiary/aromatic N) is 4. The Hall–Kier alpha value is -2.30. The minimum atomic E-state index is -1.56. The van der Waals surface area contributed by atoms with E-state index in [4.69, 9.17) is 19.2 Å². The van der Waals surface area contributed by atoms with Crippen molar-refractivity contribution in [1.29, 1.82) is 0 Å². The fraction of sp³-hybridized carbons (Fsp3) is 0.696. The summed E-state index contributed by atoms with van der Waals surface area (Å²) < 4.78 is 32.2. The van der Waals surface area contributed by atoms with E-state index in [-0.39, 0.29) is 37.2 Å². The van der Waals surface area contributed by atoms with Gasteiger partial charge in [-0.15, -0.1) is 0 Å². The third-order valence-corrected chi connectivity index (χ3v) is 6.42. The summed E-state index contributed by atoms with van der Waals surface area (Å²) in [6.45, 7) is 7.26. The molecule has 1 saturated heterocycles. The molecule has 1 aromatic rings. The quantitative estimate of drug-likeness (QED) is 0.620. The molecule has 1 saturated carbocycles. The molecular weight excluding hydrogens is 431 g/mol. The highest BCUT2D eigenvalue weighted by Gasteiger charge is 2.58. The molecule has 4 aliphatic rings. The highest BCUT2D eigenvalue weighted by atomic mass is 19.1. The first kappa shape index (κ1) is 23.8. The second kappa shape index (κ2) is 8.48. The van der Waals surface area contributed by atoms with Crippen LogP contribution < -0.4 is 4.90 Å². The van der Waals surface area contributed by atoms with Gasteiger partial charge in [-0.2, -0.15) is 0 Å². The minimum absolute atomic E-state index is 0.00662. The van der Waals surface area contributed by atoms with Crippen LogP contribution in [0.3, 0.4) is 0 Å². The van der Waals surface area contributed by atoms with Gasteiger partial charge in [-0.05, 0) is 39.4 Å². The number of anilines is 1. The van der Waals surface area contributed by atoms with Gasteiger partial charge in [0.05, 0.1) is 6.54 Å². The van der Waals surface area contributed by atoms with Crippen LogP contribution in [0.15, 0.2) is 6.07 Å². The highest BCUT2D eigenvalue weighted by molar-refractivity contribution is 5.90. The molecular formula is C23H33FN4O5. The Morgan fingerprint density at radius 3 is 2.52 bits per heavy atom. The van der Waals surface area contributed by atoms with Crippen molar-refractivity contribution in [3.05, 3.63) is 22.9 Å². The summed E-state index contributed by atoms with van der Waals surface area (Å²) in [6, 6.07) is 1.41. The standard InChI is InChI=1S/C23H33FN4O5/c1-22(2,3)33-21(30)28-15-10-23(24,11-15)16-9-14(12-27-8-7-26(4)13-17(27)29)18(25-19(16)28)20(31-5)32-6/h9,15,20H,7-8,10-13H2,1-6H3. The number of amides is 2. The maximum absolute atomic E-state index is 15.7. The number of pyridine rings is 1. The molecule has 0 unspecified atom stereocenters. The van der Waals surface area contributed by atoms with Crippen LogP contribution in [-0.4, -0.2) is 79.3 Å². The summed E-state index contributed by atoms with van der Waals surface area (Å²) >= 11 is 0. The van der Waals surface area contributed by atoms with Crippen LogP contribution in [-0.2, 0) is 31.2 Å². The van der Waals surface area contributed by atoms with Gasteiger partial charge in [0.15, 0.2) is 0 Å². The van der Waals surface area contributed by atoms with Crippen molar-refractivity contribution in [2.24, 2.45) is 0 Å². The third kappa shape index (κ3) is 4.43. The second-order valence-electron chi connectivity index (χ2n) is 10.1. The molecule has 5 rings (SSSR count). The van der Waals surface area contributed by atoms with Gasteiger partial charge in [0.2, 0.25) is 12.2 Å². The van der Waals surface area contributed by atoms with Gasteiger partial charge in [-0.25, -0.2) is 14.2 Å². The molecule has 33 heavy (non-hydrogen) atoms. The molecule has 4 heterocycles. The first-order valence-corrected chi connectivity index (χ1v) is 11.2. The van der Waals surface area contributed by atoms with Gasteiger partial charge in [0.1, 0.15) is 22.8 Å². The SMILES string of the molecule is COC(OC)c1nc2c(cc1CN1CCN(C)CC1=O)C1(F)CC(C1)N2C(=O)OC(C)(C)C. The first-order valence-electron chi connectivity index (χ1n) is 11.2. The van der Waals surface area contributed by atoms with Crippen LogP contribution >= 0.6 is 0 Å². The van der Waals surface area contributed by atoms with Crippen LogP contribution in [0.2, 0.25) is 0 Å². The number of likely N-dealkylation sites (N-methyl/N-ethyl adjacent to an activating group) is 1. The molecule has 0 radical (unpaired) electrons. The van der Waals surface area contributed by atoms with E-state index in [0.29, 0.717) is 29.9 Å². The number of hydrogen-bond acceptors (Lipinski definition) is 7. The van der Waals surface area contributed by atoms with Crippen molar-refractivity contribution in [2.75, 3.05) is 45.8 Å². The van der Waals surface area contributed by atoms with Gasteiger partial charge in [-0.3, -0.25) is 14.6 Å². The molecule has 3 aliphatic heterocycles. The molecule has 2 amide bonds. The zero-order chi connectivity index (χ0) is 24.1. The van der Waals surface area contributed by atoms with Gasteiger partial charge in [0, 0.05) is 58.3 Å². The Balaban J connectivity index is 1.76. The number of methoxy groups -OCH3 is 2. The van der Waals surface area contributed by atoms with Crippen molar-refractivity contribution in [3.63, 3.8) is 0 Å². The van der Waals surface area contributed by atoms with Crippen LogP contribution in [0, 0.1) is 0 Å². The van der Waals surface area contributed by atoms with Gasteiger partial charge < -0.3 is 19.1 Å². The van der Waals surface area contributed by atoms with Crippen molar-refractivity contribution < 1.29 is 28.2 Å². The molecule has 1 aliphatic carbocycles. The van der Waals surface area contributed by atoms with Crippen molar-refractivity contribution in [2.45, 2.75) is 63.8 Å². The van der Waals surface area contributed by atoms with Gasteiger partial charge >= 0.3 is 6.09 Å². The molecule has 9 nitrogen and oxygen atoms in total. The Morgan fingerprint density at radius 1 is 1.27 bits per heavy atom. The zero-order valence-corrected chi connectivity index (χ0v) is 20.2. The van der Waals surface area contributed by atoms with E-state index in [2.05, 4.69) is 0 Å². The van der Waals surface area contributed by atoms with E-state index in [1.807, 2.05) is 11.9 Å². The van der Waals surface area contributed by atoms with Crippen LogP contribution in [0.4, 0.5) is 15.0 Å². The smallest absolute Gasteiger partial charge is 0.416 e. The van der Waals surface area contributed by atoms with Crippen molar-refractivity contribution in [3.8, 4) is 0 Å². The molecule has 0 aromatic carbocycles. The maximum atomic E-state index is 15.7. The lowest BCUT2D eigenvalue weighted by molar-refractivity contribution is -0.136. The first-order chi connectivity index (χ1) is 15.5. The number of carbonyl (C=O) groups excluding carboxylic acids is 2. The number of ether oxygens (including phenoxy) is 3. The molecule has 1 aromatic heterocycles. The normalized spacial score (nSPS) is 25.2. The average Bonchev–Trinajstić information content (AvgIpc) is 2.69. The lowest BCUT2D eigenvalue weighted by atomic mass is 9.68. The number of aromatic nitrogens is 1. The molecule has 0 spiro atoms. The highest BCUT2D eigenvalue weighted by Crippen LogP contribution is 2.56. The van der Waals surface area contributed by atoms with E-state index in [1.165, 1.54) is 19.1 Å². The van der Waals surface area contributed by atoms with Crippen molar-refractivity contribution in [1.82, 2.24) is 14.8 Å². The number of halogens is 1. The Bertz CT molecular complexity index is 940. The molecule has 2 bridgehead atoms. The molecule has 2 fully saturated rings. The van der Waals surface area contributed by atoms with E-state index in [0.717, 1.165) is 6.54 Å². The van der Waals surface area contributed by atoms with Crippen LogP contribution in [0.1, 0.15) is 56.7 Å². The Kier molecular flexibility index (Phi) is 6.13. The fourth-order valence-corrected chi connectivity index (χ4v) is 4.73. The maximum Gasteiger partial charge on any atom is 0.416 e. The predicted molar refractivity (Wildman–Crippen MR) is 118 cm³/mol. The summed E-state index contributed by atoms with van der Waals surface area (Å²) in [5.41, 5.74) is -0.837. The average molecular weight is 465 g/mol. The van der Waals surface area contributed by atoms with Gasteiger partial charge in [0.25, 0.3) is 0 Å². The largest absolute Gasteiger partial charge is 0.443 e. The number of carbonyl (C=O) groups is 2. The summed E-state index contributed by atoms with van der Waals surface area (Å²) in [6.07, 6.45) is -0.986. The summed E-state index contributed by atoms with van der Waals surface area (Å²) in [7, 11) is 4.87. The van der Waals surface area contributed by atoms with E-state index >= 15 is 4.39 Å².